The zero-order chi connectivity index (χ0) is 37.5. The van der Waals surface area contributed by atoms with Crippen molar-refractivity contribution in [3.8, 4) is 22.9 Å². The molecule has 4 nitrogen and oxygen atoms in total. The summed E-state index contributed by atoms with van der Waals surface area (Å²) in [4.78, 5) is 21.6. The van der Waals surface area contributed by atoms with E-state index in [1.54, 1.807) is 10.4 Å². The average molecular weight is 739 g/mol. The van der Waals surface area contributed by atoms with Crippen LogP contribution in [0.15, 0.2) is 95.4 Å². The number of rotatable bonds is 6. The van der Waals surface area contributed by atoms with Gasteiger partial charge in [0.05, 0.1) is 33.2 Å². The molecule has 0 aliphatic heterocycles. The molecule has 4 aliphatic carbocycles. The van der Waals surface area contributed by atoms with E-state index in [2.05, 4.69) is 139 Å². The van der Waals surface area contributed by atoms with Gasteiger partial charge in [0.2, 0.25) is 0 Å². The highest BCUT2D eigenvalue weighted by atomic mass is 28.3. The molecule has 2 heterocycles. The van der Waals surface area contributed by atoms with Gasteiger partial charge in [-0.1, -0.05) is 138 Å². The Morgan fingerprint density at radius 2 is 0.796 bits per heavy atom. The van der Waals surface area contributed by atoms with Gasteiger partial charge < -0.3 is 0 Å². The number of hydrogen-bond acceptors (Lipinski definition) is 4. The van der Waals surface area contributed by atoms with Crippen LogP contribution in [0, 0.1) is 46.6 Å². The summed E-state index contributed by atoms with van der Waals surface area (Å²) in [7, 11) is -4.64. The van der Waals surface area contributed by atoms with Gasteiger partial charge >= 0.3 is 0 Å². The Morgan fingerprint density at radius 3 is 1.04 bits per heavy atom. The minimum atomic E-state index is -2.32. The van der Waals surface area contributed by atoms with Crippen LogP contribution in [0.25, 0.3) is 44.1 Å². The van der Waals surface area contributed by atoms with E-state index in [0.717, 1.165) is 55.3 Å². The van der Waals surface area contributed by atoms with Crippen molar-refractivity contribution >= 4 is 60.3 Å². The predicted octanol–water partition coefficient (Wildman–Crippen LogP) is 11.5. The molecule has 54 heavy (non-hydrogen) atoms. The Morgan fingerprint density at radius 1 is 0.481 bits per heavy atom. The third-order valence-electron chi connectivity index (χ3n) is 13.3. The lowest BCUT2D eigenvalue weighted by molar-refractivity contribution is 0.719. The van der Waals surface area contributed by atoms with Gasteiger partial charge in [-0.15, -0.1) is 11.1 Å². The second-order valence-electron chi connectivity index (χ2n) is 17.5. The Bertz CT molecular complexity index is 2340. The summed E-state index contributed by atoms with van der Waals surface area (Å²) >= 11 is 0. The third-order valence-corrected chi connectivity index (χ3v) is 24.6. The molecule has 9 rings (SSSR count). The smallest absolute Gasteiger partial charge is 0.170 e. The van der Waals surface area contributed by atoms with Gasteiger partial charge in [-0.3, -0.25) is 0 Å². The van der Waals surface area contributed by atoms with Crippen LogP contribution in [0.4, 0.5) is 0 Å². The second kappa shape index (κ2) is 13.0. The number of fused-ring (bicyclic) bond motifs is 8. The number of para-hydroxylation sites is 4. The zero-order valence-electron chi connectivity index (χ0n) is 32.9. The predicted molar refractivity (Wildman–Crippen MR) is 231 cm³/mol. The van der Waals surface area contributed by atoms with E-state index >= 15 is 0 Å². The van der Waals surface area contributed by atoms with Gasteiger partial charge in [-0.2, -0.15) is 0 Å². The molecule has 0 saturated carbocycles. The maximum absolute atomic E-state index is 5.40. The SMILES string of the molecule is CC(C)[Si](C#Cc1c2nc3ccccc3nc2c(C#C[Si](C2=CC3C=CC2C3)(C(C)C)C(C)C)c2nc3ccccc3nc12)(C1=CC2C=CC1C2)C(C)C. The van der Waals surface area contributed by atoms with Crippen LogP contribution in [-0.2, 0) is 0 Å². The number of aromatic nitrogens is 4. The standard InChI is InChI=1S/C48H50N4Si2/c1-29(2)53(30(3)4,43-27-33-17-19-35(43)25-33)23-21-37-45-47(51-41-15-11-9-13-39(41)49-45)38(48-46(37)50-40-14-10-12-16-42(40)52-48)22-24-54(31(5)6,32(7)8)44-28-34-18-20-36(44)26-34/h9-20,27-36H,25-26H2,1-8H3. The van der Waals surface area contributed by atoms with E-state index in [1.165, 1.54) is 12.8 Å². The molecule has 4 aliphatic rings. The van der Waals surface area contributed by atoms with Crippen molar-refractivity contribution in [2.24, 2.45) is 23.7 Å². The minimum Gasteiger partial charge on any atom is -0.243 e. The Labute approximate surface area is 322 Å². The molecule has 4 atom stereocenters. The van der Waals surface area contributed by atoms with Crippen LogP contribution in [-0.4, -0.2) is 36.1 Å². The fourth-order valence-electron chi connectivity index (χ4n) is 10.6. The van der Waals surface area contributed by atoms with Crippen molar-refractivity contribution in [3.63, 3.8) is 0 Å². The molecule has 5 aromatic rings. The molecular formula is C48H50N4Si2. The highest BCUT2D eigenvalue weighted by molar-refractivity contribution is 6.96. The molecule has 6 heteroatoms. The van der Waals surface area contributed by atoms with E-state index in [-0.39, 0.29) is 0 Å². The van der Waals surface area contributed by atoms with Gasteiger partial charge in [0.25, 0.3) is 0 Å². The quantitative estimate of drug-likeness (QED) is 0.0753. The fourth-order valence-corrected chi connectivity index (χ4v) is 20.7. The first kappa shape index (κ1) is 35.1. The van der Waals surface area contributed by atoms with E-state index in [9.17, 15) is 0 Å². The first-order chi connectivity index (χ1) is 26.0. The summed E-state index contributed by atoms with van der Waals surface area (Å²) in [6.07, 6.45) is 17.2. The molecule has 3 aromatic carbocycles. The topological polar surface area (TPSA) is 51.6 Å². The fraction of sp³-hybridized carbons (Fsp3) is 0.375. The molecule has 2 aromatic heterocycles. The summed E-state index contributed by atoms with van der Waals surface area (Å²) in [5.41, 5.74) is 18.2. The molecule has 4 bridgehead atoms. The first-order valence-corrected chi connectivity index (χ1v) is 24.5. The monoisotopic (exact) mass is 738 g/mol. The van der Waals surface area contributed by atoms with Crippen LogP contribution < -0.4 is 0 Å². The Hall–Kier alpha value is -4.63. The summed E-state index contributed by atoms with van der Waals surface area (Å²) < 4.78 is 0. The average Bonchev–Trinajstić information content (AvgIpc) is 3.98. The van der Waals surface area contributed by atoms with Gasteiger partial charge in [0.15, 0.2) is 16.1 Å². The zero-order valence-corrected chi connectivity index (χ0v) is 34.9. The van der Waals surface area contributed by atoms with Crippen molar-refractivity contribution < 1.29 is 0 Å². The normalized spacial score (nSPS) is 21.6. The summed E-state index contributed by atoms with van der Waals surface area (Å²) in [5.74, 6) is 9.87. The lowest BCUT2D eigenvalue weighted by Crippen LogP contribution is -2.44. The molecule has 0 spiro atoms. The molecule has 0 N–H and O–H groups in total. The highest BCUT2D eigenvalue weighted by Gasteiger charge is 2.49. The van der Waals surface area contributed by atoms with Crippen molar-refractivity contribution in [3.05, 3.63) is 107 Å². The summed E-state index contributed by atoms with van der Waals surface area (Å²) in [6.45, 7) is 19.2. The number of nitrogens with zero attached hydrogens (tertiary/aromatic N) is 4. The van der Waals surface area contributed by atoms with Crippen LogP contribution in [0.3, 0.4) is 0 Å². The molecule has 0 fully saturated rings. The Kier molecular flexibility index (Phi) is 8.45. The van der Waals surface area contributed by atoms with Gasteiger partial charge in [-0.05, 0) is 82.9 Å². The Balaban J connectivity index is 1.38. The van der Waals surface area contributed by atoms with Gasteiger partial charge in [-0.25, -0.2) is 19.9 Å². The molecule has 270 valence electrons. The van der Waals surface area contributed by atoms with E-state index in [0.29, 0.717) is 45.8 Å². The van der Waals surface area contributed by atoms with Crippen molar-refractivity contribution in [2.75, 3.05) is 0 Å². The van der Waals surface area contributed by atoms with Crippen LogP contribution >= 0.6 is 0 Å². The molecule has 0 radical (unpaired) electrons. The molecule has 4 unspecified atom stereocenters. The number of allylic oxidation sites excluding steroid dienone is 8. The van der Waals surface area contributed by atoms with E-state index in [1.807, 2.05) is 24.3 Å². The summed E-state index contributed by atoms with van der Waals surface area (Å²) in [5, 5.41) is 3.23. The minimum absolute atomic E-state index is 0.450. The molecule has 0 saturated heterocycles. The van der Waals surface area contributed by atoms with Crippen molar-refractivity contribution in [2.45, 2.75) is 90.4 Å². The van der Waals surface area contributed by atoms with Crippen LogP contribution in [0.2, 0.25) is 22.2 Å². The van der Waals surface area contributed by atoms with Gasteiger partial charge in [0, 0.05) is 0 Å². The number of hydrogen-bond donors (Lipinski definition) is 0. The van der Waals surface area contributed by atoms with E-state index in [4.69, 9.17) is 19.9 Å². The van der Waals surface area contributed by atoms with Crippen molar-refractivity contribution in [1.82, 2.24) is 19.9 Å². The third kappa shape index (κ3) is 5.24. The van der Waals surface area contributed by atoms with Crippen LogP contribution in [0.5, 0.6) is 0 Å². The van der Waals surface area contributed by atoms with Gasteiger partial charge in [0.1, 0.15) is 22.1 Å². The molecular weight excluding hydrogens is 689 g/mol. The maximum atomic E-state index is 5.40. The van der Waals surface area contributed by atoms with Crippen molar-refractivity contribution in [1.29, 1.82) is 0 Å². The highest BCUT2D eigenvalue weighted by Crippen LogP contribution is 2.51. The first-order valence-electron chi connectivity index (χ1n) is 20.2. The largest absolute Gasteiger partial charge is 0.243 e. The van der Waals surface area contributed by atoms with E-state index < -0.39 is 16.1 Å². The summed E-state index contributed by atoms with van der Waals surface area (Å²) in [6, 6.07) is 16.4. The lowest BCUT2D eigenvalue weighted by Gasteiger charge is -2.38. The van der Waals surface area contributed by atoms with Crippen LogP contribution in [0.1, 0.15) is 79.4 Å². The lowest BCUT2D eigenvalue weighted by atomic mass is 10.0. The number of benzene rings is 3. The second-order valence-corrected chi connectivity index (χ2v) is 27.2. The maximum Gasteiger partial charge on any atom is 0.170 e. The molecule has 0 amide bonds.